The van der Waals surface area contributed by atoms with Crippen molar-refractivity contribution in [3.8, 4) is 0 Å². The molecule has 2 aromatic carbocycles. The number of hydrogen-bond acceptors (Lipinski definition) is 7. The van der Waals surface area contributed by atoms with Crippen LogP contribution in [0, 0.1) is 6.92 Å². The number of rotatable bonds is 8. The van der Waals surface area contributed by atoms with E-state index in [-0.39, 0.29) is 24.0 Å². The molecule has 1 atom stereocenters. The van der Waals surface area contributed by atoms with Crippen molar-refractivity contribution in [1.29, 1.82) is 0 Å². The molecule has 0 bridgehead atoms. The first kappa shape index (κ1) is 24.3. The Kier molecular flexibility index (Phi) is 8.13. The molecule has 7 nitrogen and oxygen atoms in total. The molecule has 172 valence electrons. The van der Waals surface area contributed by atoms with Crippen LogP contribution in [0.3, 0.4) is 0 Å². The van der Waals surface area contributed by atoms with Gasteiger partial charge >= 0.3 is 5.97 Å². The van der Waals surface area contributed by atoms with Gasteiger partial charge < -0.3 is 21.1 Å². The predicted octanol–water partition coefficient (Wildman–Crippen LogP) is 5.19. The van der Waals surface area contributed by atoms with Gasteiger partial charge in [0.25, 0.3) is 5.91 Å². The highest BCUT2D eigenvalue weighted by Gasteiger charge is 2.28. The maximum absolute atomic E-state index is 12.9. The lowest BCUT2D eigenvalue weighted by Gasteiger charge is -2.12. The Morgan fingerprint density at radius 3 is 2.36 bits per heavy atom. The molecule has 1 aromatic heterocycles. The minimum atomic E-state index is -0.584. The van der Waals surface area contributed by atoms with Crippen LogP contribution in [0.5, 0.6) is 0 Å². The number of nitrogen functional groups attached to an aromatic ring is 1. The molecule has 2 amide bonds. The number of nitrogens with one attached hydrogen (secondary N) is 2. The van der Waals surface area contributed by atoms with Gasteiger partial charge in [0, 0.05) is 16.3 Å². The van der Waals surface area contributed by atoms with Gasteiger partial charge in [-0.1, -0.05) is 18.2 Å². The number of hydrogen-bond donors (Lipinski definition) is 3. The van der Waals surface area contributed by atoms with Crippen LogP contribution < -0.4 is 16.4 Å². The summed E-state index contributed by atoms with van der Waals surface area (Å²) < 4.78 is 5.18. The molecule has 4 N–H and O–H groups in total. The third-order valence-corrected chi connectivity index (χ3v) is 6.98. The molecule has 0 saturated carbocycles. The highest BCUT2D eigenvalue weighted by molar-refractivity contribution is 8.00. The average Bonchev–Trinajstić information content (AvgIpc) is 3.12. The number of thiophene rings is 1. The van der Waals surface area contributed by atoms with Crippen molar-refractivity contribution in [3.63, 3.8) is 0 Å². The van der Waals surface area contributed by atoms with E-state index in [1.165, 1.54) is 11.8 Å². The lowest BCUT2D eigenvalue weighted by molar-refractivity contribution is -0.115. The van der Waals surface area contributed by atoms with E-state index in [9.17, 15) is 14.4 Å². The number of carbonyl (C=O) groups excluding carboxylic acids is 3. The maximum Gasteiger partial charge on any atom is 0.341 e. The fraction of sp³-hybridized carbons (Fsp3) is 0.208. The van der Waals surface area contributed by atoms with E-state index in [0.717, 1.165) is 16.2 Å². The summed E-state index contributed by atoms with van der Waals surface area (Å²) in [4.78, 5) is 39.6. The summed E-state index contributed by atoms with van der Waals surface area (Å²) >= 11 is 2.42. The van der Waals surface area contributed by atoms with Crippen LogP contribution in [-0.2, 0) is 9.53 Å². The van der Waals surface area contributed by atoms with E-state index in [0.29, 0.717) is 26.8 Å². The zero-order valence-electron chi connectivity index (χ0n) is 18.5. The molecule has 9 heteroatoms. The quantitative estimate of drug-likeness (QED) is 0.231. The second-order valence-electron chi connectivity index (χ2n) is 7.12. The molecule has 0 fully saturated rings. The highest BCUT2D eigenvalue weighted by Crippen LogP contribution is 2.35. The number of nitrogens with two attached hydrogens (primary N) is 1. The fourth-order valence-electron chi connectivity index (χ4n) is 2.99. The molecule has 0 saturated heterocycles. The topological polar surface area (TPSA) is 111 Å². The van der Waals surface area contributed by atoms with Crippen molar-refractivity contribution in [2.45, 2.75) is 30.9 Å². The summed E-state index contributed by atoms with van der Waals surface area (Å²) in [5, 5.41) is 5.47. The van der Waals surface area contributed by atoms with Crippen LogP contribution >= 0.6 is 23.1 Å². The average molecular weight is 484 g/mol. The minimum Gasteiger partial charge on any atom is -0.462 e. The van der Waals surface area contributed by atoms with Gasteiger partial charge in [0.2, 0.25) is 5.91 Å². The number of thioether (sulfide) groups is 1. The number of carbonyl (C=O) groups is 3. The van der Waals surface area contributed by atoms with Crippen molar-refractivity contribution in [2.75, 3.05) is 23.0 Å². The third kappa shape index (κ3) is 6.15. The van der Waals surface area contributed by atoms with Crippen molar-refractivity contribution in [2.24, 2.45) is 0 Å². The first-order chi connectivity index (χ1) is 15.8. The van der Waals surface area contributed by atoms with Gasteiger partial charge in [0.1, 0.15) is 5.00 Å². The lowest BCUT2D eigenvalue weighted by atomic mass is 10.1. The van der Waals surface area contributed by atoms with Crippen molar-refractivity contribution in [3.05, 3.63) is 70.6 Å². The van der Waals surface area contributed by atoms with E-state index in [1.54, 1.807) is 45.0 Å². The molecule has 33 heavy (non-hydrogen) atoms. The van der Waals surface area contributed by atoms with E-state index in [4.69, 9.17) is 10.5 Å². The Morgan fingerprint density at radius 1 is 1.06 bits per heavy atom. The van der Waals surface area contributed by atoms with Crippen LogP contribution in [-0.4, -0.2) is 29.6 Å². The SMILES string of the molecule is CCOC(=O)c1c(NC(=O)C(C)Sc2ccc(N)cc2)sc(C(=O)Nc2ccccc2)c1C. The van der Waals surface area contributed by atoms with Crippen LogP contribution in [0.15, 0.2) is 59.5 Å². The molecule has 3 rings (SSSR count). The van der Waals surface area contributed by atoms with Gasteiger partial charge in [-0.25, -0.2) is 4.79 Å². The third-order valence-electron chi connectivity index (χ3n) is 4.66. The first-order valence-corrected chi connectivity index (χ1v) is 12.0. The summed E-state index contributed by atoms with van der Waals surface area (Å²) in [6.45, 7) is 5.32. The Balaban J connectivity index is 1.83. The number of anilines is 3. The Bertz CT molecular complexity index is 1140. The minimum absolute atomic E-state index is 0.177. The standard InChI is InChI=1S/C24H25N3O4S2/c1-4-31-24(30)19-14(2)20(22(29)26-17-8-6-5-7-9-17)33-23(19)27-21(28)15(3)32-18-12-10-16(25)11-13-18/h5-13,15H,4,25H2,1-3H3,(H,26,29)(H,27,28). The molecule has 0 aliphatic heterocycles. The maximum atomic E-state index is 12.9. The second kappa shape index (κ2) is 11.0. The van der Waals surface area contributed by atoms with Gasteiger partial charge in [-0.05, 0) is 62.7 Å². The molecular formula is C24H25N3O4S2. The summed E-state index contributed by atoms with van der Waals surface area (Å²) in [6, 6.07) is 16.2. The van der Waals surface area contributed by atoms with Gasteiger partial charge in [0.05, 0.1) is 22.3 Å². The molecule has 0 aliphatic carbocycles. The largest absolute Gasteiger partial charge is 0.462 e. The molecule has 0 aliphatic rings. The lowest BCUT2D eigenvalue weighted by Crippen LogP contribution is -2.23. The molecule has 3 aromatic rings. The van der Waals surface area contributed by atoms with Gasteiger partial charge in [-0.2, -0.15) is 0 Å². The van der Waals surface area contributed by atoms with E-state index >= 15 is 0 Å². The van der Waals surface area contributed by atoms with E-state index < -0.39 is 11.2 Å². The molecular weight excluding hydrogens is 458 g/mol. The van der Waals surface area contributed by atoms with E-state index in [2.05, 4.69) is 10.6 Å². The van der Waals surface area contributed by atoms with Gasteiger partial charge in [-0.3, -0.25) is 9.59 Å². The van der Waals surface area contributed by atoms with Crippen LogP contribution in [0.1, 0.15) is 39.4 Å². The van der Waals surface area contributed by atoms with Crippen LogP contribution in [0.4, 0.5) is 16.4 Å². The Labute approximate surface area is 200 Å². The summed E-state index contributed by atoms with van der Waals surface area (Å²) in [6.07, 6.45) is 0. The van der Waals surface area contributed by atoms with Crippen molar-refractivity contribution in [1.82, 2.24) is 0 Å². The van der Waals surface area contributed by atoms with Crippen molar-refractivity contribution < 1.29 is 19.1 Å². The number of esters is 1. The fourth-order valence-corrected chi connectivity index (χ4v) is 4.95. The number of ether oxygens (including phenoxy) is 1. The normalized spacial score (nSPS) is 11.5. The smallest absolute Gasteiger partial charge is 0.341 e. The van der Waals surface area contributed by atoms with Crippen LogP contribution in [0.25, 0.3) is 0 Å². The molecule has 1 unspecified atom stereocenters. The Morgan fingerprint density at radius 2 is 1.73 bits per heavy atom. The van der Waals surface area contributed by atoms with Crippen LogP contribution in [0.2, 0.25) is 0 Å². The van der Waals surface area contributed by atoms with E-state index in [1.807, 2.05) is 30.3 Å². The second-order valence-corrected chi connectivity index (χ2v) is 9.55. The molecule has 0 radical (unpaired) electrons. The number of benzene rings is 2. The Hall–Kier alpha value is -3.30. The zero-order chi connectivity index (χ0) is 24.0. The number of amides is 2. The monoisotopic (exact) mass is 483 g/mol. The molecule has 1 heterocycles. The summed E-state index contributed by atoms with van der Waals surface area (Å²) in [5.41, 5.74) is 7.64. The summed E-state index contributed by atoms with van der Waals surface area (Å²) in [5.74, 6) is -1.24. The van der Waals surface area contributed by atoms with Crippen molar-refractivity contribution >= 4 is 57.3 Å². The molecule has 0 spiro atoms. The predicted molar refractivity (Wildman–Crippen MR) is 134 cm³/mol. The first-order valence-electron chi connectivity index (χ1n) is 10.3. The van der Waals surface area contributed by atoms with Gasteiger partial charge in [0.15, 0.2) is 0 Å². The number of para-hydroxylation sites is 1. The van der Waals surface area contributed by atoms with Gasteiger partial charge in [-0.15, -0.1) is 23.1 Å². The zero-order valence-corrected chi connectivity index (χ0v) is 20.1. The summed E-state index contributed by atoms with van der Waals surface area (Å²) in [7, 11) is 0. The highest BCUT2D eigenvalue weighted by atomic mass is 32.2.